The first-order valence-electron chi connectivity index (χ1n) is 8.48. The molecule has 0 aliphatic rings. The number of rotatable bonds is 8. The van der Waals surface area contributed by atoms with Crippen molar-refractivity contribution in [3.8, 4) is 17.2 Å². The van der Waals surface area contributed by atoms with Crippen LogP contribution in [0.4, 0.5) is 11.4 Å². The van der Waals surface area contributed by atoms with Crippen molar-refractivity contribution in [1.29, 1.82) is 0 Å². The molecule has 148 valence electrons. The van der Waals surface area contributed by atoms with E-state index in [0.29, 0.717) is 11.1 Å². The van der Waals surface area contributed by atoms with E-state index < -0.39 is 9.85 Å². The molecule has 0 atom stereocenters. The molecule has 0 aliphatic carbocycles. The number of nitro groups is 2. The summed E-state index contributed by atoms with van der Waals surface area (Å²) in [5, 5.41) is 32.1. The van der Waals surface area contributed by atoms with Gasteiger partial charge in [0.15, 0.2) is 11.5 Å². The lowest BCUT2D eigenvalue weighted by atomic mass is 10.2. The lowest BCUT2D eigenvalue weighted by molar-refractivity contribution is -0.385. The number of para-hydroxylation sites is 1. The highest BCUT2D eigenvalue weighted by molar-refractivity contribution is 5.50. The van der Waals surface area contributed by atoms with Crippen molar-refractivity contribution >= 4 is 11.4 Å². The molecule has 9 heteroatoms. The standard InChI is InChI=1S/C20H16N2O7/c23-20-18(28-12-14-4-1-6-16(10-14)21(24)25)8-3-9-19(20)29-13-15-5-2-7-17(11-15)22(26)27/h1-11,23H,12-13H2. The van der Waals surface area contributed by atoms with Gasteiger partial charge < -0.3 is 14.6 Å². The summed E-state index contributed by atoms with van der Waals surface area (Å²) < 4.78 is 11.1. The number of non-ortho nitro benzene ring substituents is 2. The molecule has 0 radical (unpaired) electrons. The molecule has 9 nitrogen and oxygen atoms in total. The molecule has 0 saturated heterocycles. The summed E-state index contributed by atoms with van der Waals surface area (Å²) in [6.45, 7) is 0.0349. The van der Waals surface area contributed by atoms with Gasteiger partial charge in [-0.05, 0) is 23.3 Å². The summed E-state index contributed by atoms with van der Waals surface area (Å²) in [6, 6.07) is 16.7. The number of hydrogen-bond donors (Lipinski definition) is 1. The second kappa shape index (κ2) is 8.70. The van der Waals surface area contributed by atoms with Crippen molar-refractivity contribution in [1.82, 2.24) is 0 Å². The molecule has 3 aromatic carbocycles. The fraction of sp³-hybridized carbons (Fsp3) is 0.100. The fourth-order valence-electron chi connectivity index (χ4n) is 2.58. The molecule has 0 heterocycles. The Hall–Kier alpha value is -4.14. The summed E-state index contributed by atoms with van der Waals surface area (Å²) in [6.07, 6.45) is 0. The normalized spacial score (nSPS) is 10.3. The minimum atomic E-state index is -0.497. The first-order chi connectivity index (χ1) is 13.9. The van der Waals surface area contributed by atoms with Crippen molar-refractivity contribution in [2.75, 3.05) is 0 Å². The van der Waals surface area contributed by atoms with Crippen LogP contribution in [-0.4, -0.2) is 15.0 Å². The van der Waals surface area contributed by atoms with E-state index in [9.17, 15) is 25.3 Å². The lowest BCUT2D eigenvalue weighted by Gasteiger charge is -2.12. The molecule has 0 bridgehead atoms. The highest BCUT2D eigenvalue weighted by atomic mass is 16.6. The Labute approximate surface area is 165 Å². The van der Waals surface area contributed by atoms with Crippen LogP contribution in [0.1, 0.15) is 11.1 Å². The van der Waals surface area contributed by atoms with E-state index in [2.05, 4.69) is 0 Å². The molecule has 0 fully saturated rings. The van der Waals surface area contributed by atoms with Gasteiger partial charge in [0.05, 0.1) is 9.85 Å². The Balaban J connectivity index is 1.68. The number of benzene rings is 3. The molecule has 0 aromatic heterocycles. The van der Waals surface area contributed by atoms with Crippen LogP contribution in [0.3, 0.4) is 0 Å². The molecule has 0 aliphatic heterocycles. The van der Waals surface area contributed by atoms with Crippen molar-refractivity contribution in [3.05, 3.63) is 98.1 Å². The number of hydrogen-bond acceptors (Lipinski definition) is 7. The average molecular weight is 396 g/mol. The zero-order valence-corrected chi connectivity index (χ0v) is 15.1. The number of aromatic hydroxyl groups is 1. The highest BCUT2D eigenvalue weighted by Gasteiger charge is 2.12. The van der Waals surface area contributed by atoms with E-state index in [1.165, 1.54) is 36.4 Å². The summed E-state index contributed by atoms with van der Waals surface area (Å²) in [4.78, 5) is 20.7. The minimum absolute atomic E-state index is 0.0174. The molecule has 3 aromatic rings. The van der Waals surface area contributed by atoms with Crippen LogP contribution in [0.15, 0.2) is 66.7 Å². The predicted molar refractivity (Wildman–Crippen MR) is 103 cm³/mol. The Kier molecular flexibility index (Phi) is 5.88. The third kappa shape index (κ3) is 4.98. The smallest absolute Gasteiger partial charge is 0.269 e. The van der Waals surface area contributed by atoms with Crippen molar-refractivity contribution < 1.29 is 24.4 Å². The zero-order chi connectivity index (χ0) is 20.8. The van der Waals surface area contributed by atoms with Crippen LogP contribution in [0.25, 0.3) is 0 Å². The van der Waals surface area contributed by atoms with Gasteiger partial charge in [-0.3, -0.25) is 20.2 Å². The van der Waals surface area contributed by atoms with Crippen molar-refractivity contribution in [3.63, 3.8) is 0 Å². The van der Waals surface area contributed by atoms with Crippen LogP contribution in [0.5, 0.6) is 17.2 Å². The van der Waals surface area contributed by atoms with E-state index in [1.807, 2.05) is 0 Å². The first kappa shape index (κ1) is 19.6. The summed E-state index contributed by atoms with van der Waals surface area (Å²) in [7, 11) is 0. The van der Waals surface area contributed by atoms with E-state index in [0.717, 1.165) is 0 Å². The minimum Gasteiger partial charge on any atom is -0.502 e. The molecule has 1 N–H and O–H groups in total. The Bertz CT molecular complexity index is 973. The molecule has 0 saturated carbocycles. The van der Waals surface area contributed by atoms with Gasteiger partial charge in [0.2, 0.25) is 5.75 Å². The van der Waals surface area contributed by atoms with Gasteiger partial charge in [0.1, 0.15) is 13.2 Å². The van der Waals surface area contributed by atoms with Gasteiger partial charge >= 0.3 is 0 Å². The number of phenolic OH excluding ortho intramolecular Hbond substituents is 1. The van der Waals surface area contributed by atoms with Gasteiger partial charge in [0.25, 0.3) is 11.4 Å². The quantitative estimate of drug-likeness (QED) is 0.443. The van der Waals surface area contributed by atoms with Crippen LogP contribution in [0, 0.1) is 20.2 Å². The first-order valence-corrected chi connectivity index (χ1v) is 8.48. The van der Waals surface area contributed by atoms with Crippen LogP contribution in [-0.2, 0) is 13.2 Å². The third-order valence-electron chi connectivity index (χ3n) is 3.99. The number of nitro benzene ring substituents is 2. The monoisotopic (exact) mass is 396 g/mol. The summed E-state index contributed by atoms with van der Waals surface area (Å²) in [5.74, 6) is 0.0597. The van der Waals surface area contributed by atoms with E-state index >= 15 is 0 Å². The van der Waals surface area contributed by atoms with E-state index in [-0.39, 0.29) is 41.8 Å². The maximum Gasteiger partial charge on any atom is 0.269 e. The van der Waals surface area contributed by atoms with Crippen molar-refractivity contribution in [2.24, 2.45) is 0 Å². The average Bonchev–Trinajstić information content (AvgIpc) is 2.72. The van der Waals surface area contributed by atoms with E-state index in [1.54, 1.807) is 30.3 Å². The van der Waals surface area contributed by atoms with Crippen LogP contribution < -0.4 is 9.47 Å². The molecule has 0 amide bonds. The third-order valence-corrected chi connectivity index (χ3v) is 3.99. The summed E-state index contributed by atoms with van der Waals surface area (Å²) >= 11 is 0. The molecule has 0 spiro atoms. The molecule has 3 rings (SSSR count). The Morgan fingerprint density at radius 3 is 1.55 bits per heavy atom. The van der Waals surface area contributed by atoms with Gasteiger partial charge in [-0.1, -0.05) is 30.3 Å². The molecule has 29 heavy (non-hydrogen) atoms. The van der Waals surface area contributed by atoms with Gasteiger partial charge in [-0.2, -0.15) is 0 Å². The maximum absolute atomic E-state index is 10.8. The highest BCUT2D eigenvalue weighted by Crippen LogP contribution is 2.36. The van der Waals surface area contributed by atoms with Gasteiger partial charge in [0, 0.05) is 24.3 Å². The van der Waals surface area contributed by atoms with Gasteiger partial charge in [-0.25, -0.2) is 0 Å². The van der Waals surface area contributed by atoms with Crippen LogP contribution >= 0.6 is 0 Å². The summed E-state index contributed by atoms with van der Waals surface area (Å²) in [5.41, 5.74) is 1.04. The van der Waals surface area contributed by atoms with Gasteiger partial charge in [-0.15, -0.1) is 0 Å². The van der Waals surface area contributed by atoms with Crippen molar-refractivity contribution in [2.45, 2.75) is 13.2 Å². The van der Waals surface area contributed by atoms with E-state index in [4.69, 9.17) is 9.47 Å². The number of ether oxygens (including phenoxy) is 2. The lowest BCUT2D eigenvalue weighted by Crippen LogP contribution is -1.99. The number of phenols is 1. The fourth-order valence-corrected chi connectivity index (χ4v) is 2.58. The second-order valence-corrected chi connectivity index (χ2v) is 6.03. The Morgan fingerprint density at radius 1 is 0.724 bits per heavy atom. The molecular weight excluding hydrogens is 380 g/mol. The second-order valence-electron chi connectivity index (χ2n) is 6.03. The maximum atomic E-state index is 10.8. The SMILES string of the molecule is O=[N+]([O-])c1cccc(COc2cccc(OCc3cccc([N+](=O)[O-])c3)c2O)c1. The number of nitrogens with zero attached hydrogens (tertiary/aromatic N) is 2. The molecule has 0 unspecified atom stereocenters. The van der Waals surface area contributed by atoms with Crippen LogP contribution in [0.2, 0.25) is 0 Å². The largest absolute Gasteiger partial charge is 0.502 e. The Morgan fingerprint density at radius 2 is 1.14 bits per heavy atom. The zero-order valence-electron chi connectivity index (χ0n) is 15.1. The molecular formula is C20H16N2O7. The predicted octanol–water partition coefficient (Wildman–Crippen LogP) is 4.37. The topological polar surface area (TPSA) is 125 Å².